The summed E-state index contributed by atoms with van der Waals surface area (Å²) in [6.45, 7) is 11.6. The summed E-state index contributed by atoms with van der Waals surface area (Å²) >= 11 is 0. The molecular weight excluding hydrogens is 214 g/mol. The van der Waals surface area contributed by atoms with Crippen molar-refractivity contribution < 1.29 is 13.2 Å². The van der Waals surface area contributed by atoms with Crippen molar-refractivity contribution in [3.05, 3.63) is 12.7 Å². The standard InChI is InChI=1S/C11H22F2OSi/c1-6-8-11(7-2,9-10(12)13)14-15(3,4)5/h6,10H,1,7-9H2,2-5H3. The normalized spacial score (nSPS) is 16.5. The van der Waals surface area contributed by atoms with Crippen LogP contribution in [0.15, 0.2) is 12.7 Å². The quantitative estimate of drug-likeness (QED) is 0.475. The summed E-state index contributed by atoms with van der Waals surface area (Å²) in [6, 6.07) is 0. The Kier molecular flexibility index (Phi) is 5.66. The molecule has 0 saturated heterocycles. The third kappa shape index (κ3) is 6.05. The minimum atomic E-state index is -2.32. The minimum Gasteiger partial charge on any atom is -0.412 e. The van der Waals surface area contributed by atoms with Crippen LogP contribution in [-0.2, 0) is 4.43 Å². The SMILES string of the molecule is C=CCC(CC)(CC(F)F)O[Si](C)(C)C. The van der Waals surface area contributed by atoms with Gasteiger partial charge in [0.15, 0.2) is 8.32 Å². The number of rotatable bonds is 7. The lowest BCUT2D eigenvalue weighted by molar-refractivity contribution is -0.00869. The van der Waals surface area contributed by atoms with Crippen molar-refractivity contribution in [2.24, 2.45) is 0 Å². The summed E-state index contributed by atoms with van der Waals surface area (Å²) in [6.07, 6.45) is 0.263. The van der Waals surface area contributed by atoms with Gasteiger partial charge in [0.1, 0.15) is 0 Å². The van der Waals surface area contributed by atoms with Gasteiger partial charge in [-0.05, 0) is 32.5 Å². The maximum absolute atomic E-state index is 12.5. The van der Waals surface area contributed by atoms with Gasteiger partial charge in [-0.3, -0.25) is 0 Å². The van der Waals surface area contributed by atoms with Crippen LogP contribution in [0, 0.1) is 0 Å². The van der Waals surface area contributed by atoms with Crippen molar-refractivity contribution in [2.45, 2.75) is 57.9 Å². The summed E-state index contributed by atoms with van der Waals surface area (Å²) in [5.41, 5.74) is -0.708. The molecule has 0 bridgehead atoms. The molecule has 1 nitrogen and oxygen atoms in total. The molecule has 0 spiro atoms. The second-order valence-corrected chi connectivity index (χ2v) is 9.27. The van der Waals surface area contributed by atoms with E-state index in [1.54, 1.807) is 6.08 Å². The molecule has 0 aliphatic heterocycles. The van der Waals surface area contributed by atoms with Crippen LogP contribution >= 0.6 is 0 Å². The lowest BCUT2D eigenvalue weighted by Gasteiger charge is -2.38. The molecule has 0 aliphatic carbocycles. The molecule has 0 aliphatic rings. The zero-order valence-electron chi connectivity index (χ0n) is 10.1. The molecular formula is C11H22F2OSi. The van der Waals surface area contributed by atoms with Gasteiger partial charge in [-0.1, -0.05) is 13.0 Å². The van der Waals surface area contributed by atoms with Crippen molar-refractivity contribution in [3.63, 3.8) is 0 Å². The average molecular weight is 236 g/mol. The molecule has 0 N–H and O–H groups in total. The molecule has 0 saturated carbocycles. The Morgan fingerprint density at radius 3 is 2.20 bits per heavy atom. The molecule has 15 heavy (non-hydrogen) atoms. The fourth-order valence-electron chi connectivity index (χ4n) is 1.72. The van der Waals surface area contributed by atoms with Crippen LogP contribution in [0.25, 0.3) is 0 Å². The van der Waals surface area contributed by atoms with Gasteiger partial charge in [0.25, 0.3) is 0 Å². The summed E-state index contributed by atoms with van der Waals surface area (Å²) in [5, 5.41) is 0. The van der Waals surface area contributed by atoms with Crippen LogP contribution in [0.1, 0.15) is 26.2 Å². The van der Waals surface area contributed by atoms with E-state index in [9.17, 15) is 8.78 Å². The topological polar surface area (TPSA) is 9.23 Å². The maximum atomic E-state index is 12.5. The number of hydrogen-bond donors (Lipinski definition) is 0. The molecule has 4 heteroatoms. The first-order chi connectivity index (χ1) is 6.74. The summed E-state index contributed by atoms with van der Waals surface area (Å²) < 4.78 is 30.9. The maximum Gasteiger partial charge on any atom is 0.241 e. The zero-order valence-corrected chi connectivity index (χ0v) is 11.1. The molecule has 0 aromatic heterocycles. The van der Waals surface area contributed by atoms with Crippen molar-refractivity contribution in [1.82, 2.24) is 0 Å². The Morgan fingerprint density at radius 2 is 1.93 bits per heavy atom. The van der Waals surface area contributed by atoms with E-state index in [0.717, 1.165) is 0 Å². The first kappa shape index (κ1) is 14.8. The van der Waals surface area contributed by atoms with E-state index in [-0.39, 0.29) is 6.42 Å². The number of alkyl halides is 2. The highest BCUT2D eigenvalue weighted by atomic mass is 28.4. The molecule has 0 aromatic carbocycles. The monoisotopic (exact) mass is 236 g/mol. The van der Waals surface area contributed by atoms with Gasteiger partial charge in [0.2, 0.25) is 6.43 Å². The predicted molar refractivity (Wildman–Crippen MR) is 62.9 cm³/mol. The molecule has 0 radical (unpaired) electrons. The zero-order chi connectivity index (χ0) is 12.1. The predicted octanol–water partition coefficient (Wildman–Crippen LogP) is 4.22. The van der Waals surface area contributed by atoms with Crippen molar-refractivity contribution in [2.75, 3.05) is 0 Å². The van der Waals surface area contributed by atoms with E-state index >= 15 is 0 Å². The second kappa shape index (κ2) is 5.75. The largest absolute Gasteiger partial charge is 0.412 e. The molecule has 0 amide bonds. The van der Waals surface area contributed by atoms with E-state index in [1.165, 1.54) is 0 Å². The van der Waals surface area contributed by atoms with Gasteiger partial charge >= 0.3 is 0 Å². The summed E-state index contributed by atoms with van der Waals surface area (Å²) in [5.74, 6) is 0. The number of halogens is 2. The van der Waals surface area contributed by atoms with Crippen LogP contribution < -0.4 is 0 Å². The van der Waals surface area contributed by atoms with Crippen LogP contribution in [0.2, 0.25) is 19.6 Å². The lowest BCUT2D eigenvalue weighted by Crippen LogP contribution is -2.43. The van der Waals surface area contributed by atoms with E-state index in [1.807, 2.05) is 26.6 Å². The Bertz CT molecular complexity index is 201. The van der Waals surface area contributed by atoms with Gasteiger partial charge in [-0.15, -0.1) is 6.58 Å². The number of hydrogen-bond acceptors (Lipinski definition) is 1. The van der Waals surface area contributed by atoms with Gasteiger partial charge in [0.05, 0.1) is 5.60 Å². The molecule has 0 heterocycles. The third-order valence-corrected chi connectivity index (χ3v) is 3.26. The fraction of sp³-hybridized carbons (Fsp3) is 0.818. The van der Waals surface area contributed by atoms with E-state index < -0.39 is 20.3 Å². The summed E-state index contributed by atoms with van der Waals surface area (Å²) in [4.78, 5) is 0. The van der Waals surface area contributed by atoms with Crippen LogP contribution in [0.5, 0.6) is 0 Å². The van der Waals surface area contributed by atoms with Gasteiger partial charge in [-0.25, -0.2) is 8.78 Å². The van der Waals surface area contributed by atoms with Crippen molar-refractivity contribution in [3.8, 4) is 0 Å². The Morgan fingerprint density at radius 1 is 1.40 bits per heavy atom. The molecule has 1 atom stereocenters. The van der Waals surface area contributed by atoms with Gasteiger partial charge in [0, 0.05) is 6.42 Å². The molecule has 0 fully saturated rings. The van der Waals surface area contributed by atoms with Gasteiger partial charge in [-0.2, -0.15) is 0 Å². The average Bonchev–Trinajstić information content (AvgIpc) is 2.00. The van der Waals surface area contributed by atoms with Crippen LogP contribution in [0.3, 0.4) is 0 Å². The third-order valence-electron chi connectivity index (χ3n) is 2.21. The molecule has 1 unspecified atom stereocenters. The Hall–Kier alpha value is -0.223. The second-order valence-electron chi connectivity index (χ2n) is 4.84. The van der Waals surface area contributed by atoms with Crippen LogP contribution in [0.4, 0.5) is 8.78 Å². The van der Waals surface area contributed by atoms with Crippen molar-refractivity contribution >= 4 is 8.32 Å². The van der Waals surface area contributed by atoms with E-state index in [4.69, 9.17) is 4.43 Å². The lowest BCUT2D eigenvalue weighted by atomic mass is 9.93. The van der Waals surface area contributed by atoms with Gasteiger partial charge < -0.3 is 4.43 Å². The highest BCUT2D eigenvalue weighted by Gasteiger charge is 2.35. The molecule has 0 rings (SSSR count). The fourth-order valence-corrected chi connectivity index (χ4v) is 3.33. The Labute approximate surface area is 92.6 Å². The molecule has 0 aromatic rings. The Balaban J connectivity index is 4.71. The summed E-state index contributed by atoms with van der Waals surface area (Å²) in [7, 11) is -1.80. The smallest absolute Gasteiger partial charge is 0.241 e. The highest BCUT2D eigenvalue weighted by molar-refractivity contribution is 6.69. The van der Waals surface area contributed by atoms with E-state index in [0.29, 0.717) is 12.8 Å². The first-order valence-corrected chi connectivity index (χ1v) is 8.75. The van der Waals surface area contributed by atoms with Crippen LogP contribution in [-0.4, -0.2) is 20.3 Å². The first-order valence-electron chi connectivity index (χ1n) is 5.34. The molecule has 90 valence electrons. The van der Waals surface area contributed by atoms with E-state index in [2.05, 4.69) is 6.58 Å². The highest BCUT2D eigenvalue weighted by Crippen LogP contribution is 2.31. The minimum absolute atomic E-state index is 0.195. The van der Waals surface area contributed by atoms with Crippen molar-refractivity contribution in [1.29, 1.82) is 0 Å².